The summed E-state index contributed by atoms with van der Waals surface area (Å²) in [6.45, 7) is 3.67. The van der Waals surface area contributed by atoms with Gasteiger partial charge in [-0.3, -0.25) is 9.79 Å². The Balaban J connectivity index is 1.91. The predicted molar refractivity (Wildman–Crippen MR) is 113 cm³/mol. The number of rotatable bonds is 3. The molecule has 7 nitrogen and oxygen atoms in total. The molecule has 10 heteroatoms. The van der Waals surface area contributed by atoms with Gasteiger partial charge in [0, 0.05) is 24.0 Å². The summed E-state index contributed by atoms with van der Waals surface area (Å²) in [6.07, 6.45) is 1.37. The van der Waals surface area contributed by atoms with Crippen LogP contribution in [0.25, 0.3) is 0 Å². The molecule has 0 bridgehead atoms. The molecule has 2 aromatic rings. The normalized spacial score (nSPS) is 21.9. The second-order valence-electron chi connectivity index (χ2n) is 7.15. The van der Waals surface area contributed by atoms with E-state index in [0.29, 0.717) is 10.7 Å². The summed E-state index contributed by atoms with van der Waals surface area (Å²) in [5.74, 6) is -0.764. The van der Waals surface area contributed by atoms with E-state index < -0.39 is 33.5 Å². The monoisotopic (exact) mass is 437 g/mol. The van der Waals surface area contributed by atoms with Crippen molar-refractivity contribution in [1.82, 2.24) is 9.29 Å². The van der Waals surface area contributed by atoms with Crippen molar-refractivity contribution in [2.45, 2.75) is 24.6 Å². The number of hydrogen-bond acceptors (Lipinski definition) is 5. The van der Waals surface area contributed by atoms with Crippen LogP contribution in [0.5, 0.6) is 0 Å². The Kier molecular flexibility index (Phi) is 6.02. The molecule has 1 amide bonds. The molecule has 1 aliphatic heterocycles. The number of aromatic nitrogens is 1. The third-order valence-electron chi connectivity index (χ3n) is 4.63. The van der Waals surface area contributed by atoms with Crippen molar-refractivity contribution >= 4 is 40.0 Å². The molecule has 1 aromatic heterocycles. The highest BCUT2D eigenvalue weighted by atomic mass is 35.5. The maximum absolute atomic E-state index is 14.6. The average Bonchev–Trinajstić information content (AvgIpc) is 2.74. The van der Waals surface area contributed by atoms with Gasteiger partial charge in [0.1, 0.15) is 33.1 Å². The first kappa shape index (κ1) is 21.4. The molecule has 0 aliphatic carbocycles. The van der Waals surface area contributed by atoms with Crippen molar-refractivity contribution in [3.63, 3.8) is 0 Å². The maximum atomic E-state index is 14.6. The van der Waals surface area contributed by atoms with Gasteiger partial charge in [0.2, 0.25) is 0 Å². The molecule has 0 saturated heterocycles. The average molecular weight is 438 g/mol. The van der Waals surface area contributed by atoms with E-state index in [1.165, 1.54) is 30.5 Å². The summed E-state index contributed by atoms with van der Waals surface area (Å²) in [4.78, 5) is 20.8. The van der Waals surface area contributed by atoms with Crippen LogP contribution in [0.15, 0.2) is 41.5 Å². The first-order valence-corrected chi connectivity index (χ1v) is 10.3. The second kappa shape index (κ2) is 8.17. The van der Waals surface area contributed by atoms with E-state index in [1.807, 2.05) is 0 Å². The molecule has 2 unspecified atom stereocenters. The van der Waals surface area contributed by atoms with Crippen molar-refractivity contribution < 1.29 is 13.4 Å². The van der Waals surface area contributed by atoms with Crippen LogP contribution < -0.4 is 11.1 Å². The van der Waals surface area contributed by atoms with Crippen LogP contribution in [-0.2, 0) is 11.0 Å². The van der Waals surface area contributed by atoms with Crippen LogP contribution >= 0.6 is 11.6 Å². The molecule has 29 heavy (non-hydrogen) atoms. The summed E-state index contributed by atoms with van der Waals surface area (Å²) in [6, 6.07) is 6.57. The summed E-state index contributed by atoms with van der Waals surface area (Å²) in [7, 11) is 0.256. The zero-order valence-electron chi connectivity index (χ0n) is 16.1. The van der Waals surface area contributed by atoms with Crippen molar-refractivity contribution in [3.05, 3.63) is 58.6 Å². The number of benzene rings is 1. The third kappa shape index (κ3) is 4.47. The lowest BCUT2D eigenvalue weighted by Crippen LogP contribution is -2.45. The number of halogens is 2. The Labute approximate surface area is 175 Å². The predicted octanol–water partition coefficient (Wildman–Crippen LogP) is 2.91. The highest BCUT2D eigenvalue weighted by Crippen LogP contribution is 2.30. The van der Waals surface area contributed by atoms with E-state index in [4.69, 9.17) is 17.3 Å². The number of anilines is 1. The quantitative estimate of drug-likeness (QED) is 0.770. The standard InChI is InChI=1S/C19H21ClFN5O2S/c1-19(2)18(22)25-16(10-26(3)29(19)28)13-8-12(5-6-14(13)21)24-17(27)15-7-4-11(20)9-23-15/h4-9,16H,10H2,1-3H3,(H2,22,25)(H,24,27). The molecule has 0 spiro atoms. The highest BCUT2D eigenvalue weighted by molar-refractivity contribution is 7.85. The van der Waals surface area contributed by atoms with Gasteiger partial charge in [-0.2, -0.15) is 0 Å². The lowest BCUT2D eigenvalue weighted by molar-refractivity contribution is 0.102. The number of hydrogen-bond donors (Lipinski definition) is 2. The number of nitrogens with one attached hydrogen (secondary N) is 1. The maximum Gasteiger partial charge on any atom is 0.274 e. The molecule has 2 atom stereocenters. The Morgan fingerprint density at radius 3 is 2.76 bits per heavy atom. The first-order chi connectivity index (χ1) is 13.6. The van der Waals surface area contributed by atoms with Crippen LogP contribution in [-0.4, -0.2) is 43.6 Å². The molecule has 1 aliphatic rings. The highest BCUT2D eigenvalue weighted by Gasteiger charge is 2.38. The molecule has 0 radical (unpaired) electrons. The molecule has 0 fully saturated rings. The minimum atomic E-state index is -1.42. The Morgan fingerprint density at radius 1 is 1.38 bits per heavy atom. The number of carbonyl (C=O) groups excluding carboxylic acids is 1. The van der Waals surface area contributed by atoms with E-state index in [1.54, 1.807) is 31.3 Å². The van der Waals surface area contributed by atoms with E-state index in [9.17, 15) is 13.4 Å². The number of nitrogens with two attached hydrogens (primary N) is 1. The topological polar surface area (TPSA) is 101 Å². The number of amides is 1. The van der Waals surface area contributed by atoms with Gasteiger partial charge in [0.05, 0.1) is 11.1 Å². The van der Waals surface area contributed by atoms with Gasteiger partial charge < -0.3 is 11.1 Å². The van der Waals surface area contributed by atoms with Crippen molar-refractivity contribution in [2.24, 2.45) is 10.7 Å². The van der Waals surface area contributed by atoms with Crippen LogP contribution in [0.1, 0.15) is 35.9 Å². The lowest BCUT2D eigenvalue weighted by Gasteiger charge is -2.25. The second-order valence-corrected chi connectivity index (χ2v) is 9.73. The molecule has 0 saturated carbocycles. The van der Waals surface area contributed by atoms with Gasteiger partial charge in [-0.25, -0.2) is 17.9 Å². The van der Waals surface area contributed by atoms with Crippen LogP contribution in [0, 0.1) is 5.82 Å². The Morgan fingerprint density at radius 2 is 2.10 bits per heavy atom. The molecule has 154 valence electrons. The van der Waals surface area contributed by atoms with Crippen molar-refractivity contribution in [2.75, 3.05) is 18.9 Å². The fourth-order valence-electron chi connectivity index (χ4n) is 2.90. The van der Waals surface area contributed by atoms with Crippen molar-refractivity contribution in [3.8, 4) is 0 Å². The number of likely N-dealkylation sites (N-methyl/N-ethyl adjacent to an activating group) is 1. The summed E-state index contributed by atoms with van der Waals surface area (Å²) >= 11 is 5.78. The number of carbonyl (C=O) groups is 1. The molecular weight excluding hydrogens is 417 g/mol. The fraction of sp³-hybridized carbons (Fsp3) is 0.316. The molecule has 1 aromatic carbocycles. The molecular formula is C19H21ClFN5O2S. The SMILES string of the molecule is CN1CC(c2cc(NC(=O)c3ccc(Cl)cn3)ccc2F)N=C(N)C(C)(C)S1=O. The minimum absolute atomic E-state index is 0.175. The number of pyridine rings is 1. The van der Waals surface area contributed by atoms with E-state index >= 15 is 0 Å². The van der Waals surface area contributed by atoms with Crippen molar-refractivity contribution in [1.29, 1.82) is 0 Å². The first-order valence-electron chi connectivity index (χ1n) is 8.79. The van der Waals surface area contributed by atoms with E-state index in [-0.39, 0.29) is 23.6 Å². The number of aliphatic imine (C=N–C) groups is 1. The van der Waals surface area contributed by atoms with Gasteiger partial charge in [-0.05, 0) is 51.2 Å². The summed E-state index contributed by atoms with van der Waals surface area (Å²) in [5, 5.41) is 3.10. The van der Waals surface area contributed by atoms with Gasteiger partial charge >= 0.3 is 0 Å². The Hall–Kier alpha value is -2.36. The smallest absolute Gasteiger partial charge is 0.274 e. The summed E-state index contributed by atoms with van der Waals surface area (Å²) < 4.78 is 28.0. The lowest BCUT2D eigenvalue weighted by atomic mass is 10.0. The molecule has 3 N–H and O–H groups in total. The zero-order chi connectivity index (χ0) is 21.3. The van der Waals surface area contributed by atoms with Crippen LogP contribution in [0.3, 0.4) is 0 Å². The third-order valence-corrected chi connectivity index (χ3v) is 6.66. The molecule has 2 heterocycles. The van der Waals surface area contributed by atoms with Gasteiger partial charge in [-0.15, -0.1) is 0 Å². The fourth-order valence-corrected chi connectivity index (χ4v) is 4.30. The largest absolute Gasteiger partial charge is 0.386 e. The summed E-state index contributed by atoms with van der Waals surface area (Å²) in [5.41, 5.74) is 6.87. The minimum Gasteiger partial charge on any atom is -0.386 e. The number of amidine groups is 1. The van der Waals surface area contributed by atoms with Crippen LogP contribution in [0.4, 0.5) is 10.1 Å². The van der Waals surface area contributed by atoms with Gasteiger partial charge in [0.25, 0.3) is 5.91 Å². The zero-order valence-corrected chi connectivity index (χ0v) is 17.7. The van der Waals surface area contributed by atoms with E-state index in [0.717, 1.165) is 0 Å². The van der Waals surface area contributed by atoms with Crippen LogP contribution in [0.2, 0.25) is 5.02 Å². The number of nitrogens with zero attached hydrogens (tertiary/aromatic N) is 3. The van der Waals surface area contributed by atoms with Gasteiger partial charge in [-0.1, -0.05) is 11.6 Å². The van der Waals surface area contributed by atoms with Gasteiger partial charge in [0.15, 0.2) is 0 Å². The van der Waals surface area contributed by atoms with E-state index in [2.05, 4.69) is 15.3 Å². The molecule has 3 rings (SSSR count). The Bertz CT molecular complexity index is 997.